The van der Waals surface area contributed by atoms with Gasteiger partial charge in [-0.15, -0.1) is 0 Å². The molecule has 0 unspecified atom stereocenters. The van der Waals surface area contributed by atoms with Gasteiger partial charge < -0.3 is 65.1 Å². The van der Waals surface area contributed by atoms with Gasteiger partial charge in [-0.25, -0.2) is 19.2 Å². The summed E-state index contributed by atoms with van der Waals surface area (Å²) in [6.07, 6.45) is -3.56. The highest BCUT2D eigenvalue weighted by atomic mass is 16.5. The Labute approximate surface area is 280 Å². The monoisotopic (exact) mass is 698 g/mol. The van der Waals surface area contributed by atoms with Crippen molar-refractivity contribution in [3.8, 4) is 11.5 Å². The number of benzene rings is 1. The summed E-state index contributed by atoms with van der Waals surface area (Å²) in [7, 11) is 2.23. The van der Waals surface area contributed by atoms with E-state index in [1.807, 2.05) is 6.08 Å². The van der Waals surface area contributed by atoms with Crippen molar-refractivity contribution in [2.45, 2.75) is 60.9 Å². The van der Waals surface area contributed by atoms with Crippen molar-refractivity contribution < 1.29 is 79.3 Å². The summed E-state index contributed by atoms with van der Waals surface area (Å²) in [5.74, 6) is -4.95. The summed E-state index contributed by atoms with van der Waals surface area (Å²) in [5, 5.41) is 75.9. The quantitative estimate of drug-likeness (QED) is 0.110. The normalized spacial score (nSPS) is 28.9. The topological polar surface area (TPSA) is 285 Å². The molecule has 9 N–H and O–H groups in total. The molecule has 272 valence electrons. The van der Waals surface area contributed by atoms with E-state index < -0.39 is 54.4 Å². The minimum absolute atomic E-state index is 0.113. The third-order valence-electron chi connectivity index (χ3n) is 9.51. The summed E-state index contributed by atoms with van der Waals surface area (Å²) in [4.78, 5) is 44.0. The van der Waals surface area contributed by atoms with Gasteiger partial charge in [0.05, 0.1) is 13.2 Å². The van der Waals surface area contributed by atoms with Gasteiger partial charge in [-0.05, 0) is 38.1 Å². The Morgan fingerprint density at radius 1 is 0.878 bits per heavy atom. The molecule has 2 aliphatic carbocycles. The van der Waals surface area contributed by atoms with Crippen molar-refractivity contribution in [2.24, 2.45) is 5.92 Å². The molecule has 18 nitrogen and oxygen atoms in total. The van der Waals surface area contributed by atoms with E-state index in [9.17, 15) is 24.3 Å². The van der Waals surface area contributed by atoms with Crippen LogP contribution in [0.4, 0.5) is 0 Å². The van der Waals surface area contributed by atoms with Crippen molar-refractivity contribution >= 4 is 23.9 Å². The molecule has 18 heteroatoms. The smallest absolute Gasteiger partial charge is 0.335 e. The van der Waals surface area contributed by atoms with Crippen LogP contribution in [-0.4, -0.2) is 175 Å². The lowest BCUT2D eigenvalue weighted by atomic mass is 9.53. The molecule has 1 aromatic carbocycles. The van der Waals surface area contributed by atoms with E-state index in [1.165, 1.54) is 11.1 Å². The number of rotatable bonds is 10. The van der Waals surface area contributed by atoms with E-state index >= 15 is 0 Å². The number of carboxylic acid groups (broad SMARTS) is 4. The van der Waals surface area contributed by atoms with Gasteiger partial charge in [-0.3, -0.25) is 4.90 Å². The number of ether oxygens (including phenoxy) is 3. The van der Waals surface area contributed by atoms with Crippen LogP contribution in [0.2, 0.25) is 0 Å². The number of aliphatic hydroxyl groups excluding tert-OH is 5. The largest absolute Gasteiger partial charge is 0.488 e. The van der Waals surface area contributed by atoms with E-state index in [4.69, 9.17) is 55.1 Å². The molecule has 9 atom stereocenters. The van der Waals surface area contributed by atoms with E-state index in [-0.39, 0.29) is 11.5 Å². The maximum Gasteiger partial charge on any atom is 0.335 e. The highest BCUT2D eigenvalue weighted by Crippen LogP contribution is 2.62. The summed E-state index contributed by atoms with van der Waals surface area (Å²) in [6.45, 7) is 6.13. The summed E-state index contributed by atoms with van der Waals surface area (Å²) < 4.78 is 18.2. The highest BCUT2D eigenvalue weighted by molar-refractivity contribution is 5.83. The van der Waals surface area contributed by atoms with Crippen molar-refractivity contribution in [1.82, 2.24) is 9.80 Å². The number of nitrogens with zero attached hydrogens (tertiary/aromatic N) is 2. The Hall–Kier alpha value is -3.88. The molecule has 0 saturated carbocycles. The lowest BCUT2D eigenvalue weighted by Gasteiger charge is -2.56. The first-order valence-corrected chi connectivity index (χ1v) is 15.6. The number of carbonyl (C=O) groups is 4. The summed E-state index contributed by atoms with van der Waals surface area (Å²) in [5.41, 5.74) is 2.58. The van der Waals surface area contributed by atoms with Crippen LogP contribution in [0.5, 0.6) is 11.5 Å². The molecule has 5 aliphatic rings. The van der Waals surface area contributed by atoms with Crippen LogP contribution in [0.25, 0.3) is 0 Å². The third-order valence-corrected chi connectivity index (χ3v) is 9.51. The first-order valence-electron chi connectivity index (χ1n) is 15.6. The number of aliphatic carboxylic acids is 4. The fourth-order valence-corrected chi connectivity index (χ4v) is 6.99. The molecule has 0 aromatic heterocycles. The molecule has 49 heavy (non-hydrogen) atoms. The van der Waals surface area contributed by atoms with Crippen molar-refractivity contribution in [3.05, 3.63) is 35.4 Å². The summed E-state index contributed by atoms with van der Waals surface area (Å²) in [6, 6.07) is 4.80. The number of hydrogen-bond acceptors (Lipinski definition) is 14. The van der Waals surface area contributed by atoms with Crippen LogP contribution >= 0.6 is 0 Å². The predicted molar refractivity (Wildman–Crippen MR) is 163 cm³/mol. The molecular formula is C31H42N2O16. The highest BCUT2D eigenvalue weighted by Gasteiger charge is 2.64. The van der Waals surface area contributed by atoms with Gasteiger partial charge in [0.15, 0.2) is 35.9 Å². The number of morpholine rings is 1. The fraction of sp³-hybridized carbons (Fsp3) is 0.613. The Kier molecular flexibility index (Phi) is 12.2. The minimum Gasteiger partial charge on any atom is -0.488 e. The van der Waals surface area contributed by atoms with Gasteiger partial charge in [-0.1, -0.05) is 18.2 Å². The number of aliphatic hydroxyl groups is 5. The molecule has 3 aliphatic heterocycles. The first-order chi connectivity index (χ1) is 23.1. The Balaban J connectivity index is 0.000000225. The molecule has 1 aromatic rings. The first kappa shape index (κ1) is 37.9. The lowest BCUT2D eigenvalue weighted by molar-refractivity contribution is -0.165. The van der Waals surface area contributed by atoms with Crippen molar-refractivity contribution in [1.29, 1.82) is 0 Å². The van der Waals surface area contributed by atoms with Crippen LogP contribution in [-0.2, 0) is 35.8 Å². The lowest BCUT2D eigenvalue weighted by Crippen LogP contribution is -2.64. The molecule has 3 heterocycles. The minimum atomic E-state index is -2.27. The number of carboxylic acids is 4. The number of likely N-dealkylation sites (N-methyl/N-ethyl adjacent to an activating group) is 1. The maximum atomic E-state index is 10.8. The van der Waals surface area contributed by atoms with Crippen molar-refractivity contribution in [3.63, 3.8) is 0 Å². The molecule has 6 rings (SSSR count). The predicted octanol–water partition coefficient (Wildman–Crippen LogP) is -3.04. The second kappa shape index (κ2) is 15.8. The van der Waals surface area contributed by atoms with E-state index in [0.717, 1.165) is 63.7 Å². The van der Waals surface area contributed by atoms with Gasteiger partial charge in [0.25, 0.3) is 0 Å². The summed E-state index contributed by atoms with van der Waals surface area (Å²) >= 11 is 0. The average Bonchev–Trinajstić information content (AvgIpc) is 3.43. The fourth-order valence-electron chi connectivity index (χ4n) is 6.99. The van der Waals surface area contributed by atoms with Crippen LogP contribution in [0.1, 0.15) is 17.5 Å². The maximum absolute atomic E-state index is 10.8. The molecule has 0 radical (unpaired) electrons. The Morgan fingerprint density at radius 3 is 1.96 bits per heavy atom. The van der Waals surface area contributed by atoms with Crippen molar-refractivity contribution in [2.75, 3.05) is 53.0 Å². The van der Waals surface area contributed by atoms with Gasteiger partial charge in [0.2, 0.25) is 0 Å². The zero-order valence-electron chi connectivity index (χ0n) is 26.6. The second-order valence-corrected chi connectivity index (χ2v) is 12.3. The van der Waals surface area contributed by atoms with E-state index in [2.05, 4.69) is 35.1 Å². The van der Waals surface area contributed by atoms with Crippen LogP contribution in [0, 0.1) is 5.92 Å². The number of piperidine rings is 1. The van der Waals surface area contributed by atoms with Gasteiger partial charge in [0.1, 0.15) is 18.8 Å². The molecule has 2 bridgehead atoms. The zero-order chi connectivity index (χ0) is 36.2. The third kappa shape index (κ3) is 7.81. The van der Waals surface area contributed by atoms with Gasteiger partial charge in [-0.2, -0.15) is 0 Å². The van der Waals surface area contributed by atoms with Crippen LogP contribution in [0.15, 0.2) is 24.3 Å². The SMILES string of the molecule is CN1CC[C@]23c4c5ccc(OCCN6CCOCC6)c4O[C@H]2[C@@H](O)C=C[C@H]3[C@H]1C5.O=C(O)[C@H](O)[C@@H](O)C(=O)O.O=C(O)[C@H](O)[C@@H](O)C(=O)O. The second-order valence-electron chi connectivity index (χ2n) is 12.3. The number of likely N-dealkylation sites (tertiary alicyclic amines) is 1. The standard InChI is InChI=1S/C23H30N2O4.2C4H6O6/c1-24-7-6-23-16-3-4-18(26)22(23)29-21-19(5-2-15(20(21)23)14-17(16)24)28-13-10-25-8-11-27-12-9-25;2*5-1(3(7)8)2(6)4(9)10/h2-5,16-18,22,26H,6-14H2,1H3;2*1-2,5-6H,(H,7,8)(H,9,10)/t16-,17+,18-,22-,23-;2*1-,2-/m011/s1. The molecule has 2 fully saturated rings. The molecular weight excluding hydrogens is 656 g/mol. The molecule has 1 spiro atoms. The van der Waals surface area contributed by atoms with Gasteiger partial charge >= 0.3 is 23.9 Å². The number of hydrogen-bond donors (Lipinski definition) is 9. The Bertz CT molecular complexity index is 1340. The average molecular weight is 699 g/mol. The van der Waals surface area contributed by atoms with E-state index in [1.54, 1.807) is 0 Å². The molecule has 0 amide bonds. The van der Waals surface area contributed by atoms with Crippen LogP contribution < -0.4 is 9.47 Å². The van der Waals surface area contributed by atoms with Crippen LogP contribution in [0.3, 0.4) is 0 Å². The van der Waals surface area contributed by atoms with Gasteiger partial charge in [0, 0.05) is 42.6 Å². The zero-order valence-corrected chi connectivity index (χ0v) is 26.6. The van der Waals surface area contributed by atoms with E-state index in [0.29, 0.717) is 18.6 Å². The molecule has 2 saturated heterocycles. The Morgan fingerprint density at radius 2 is 1.43 bits per heavy atom.